The molecule has 64 valence electrons. The number of hydrogen-bond acceptors (Lipinski definition) is 2. The maximum Gasteiger partial charge on any atom is 0.230 e. The van der Waals surface area contributed by atoms with Crippen molar-refractivity contribution in [3.63, 3.8) is 0 Å². The Morgan fingerprint density at radius 3 is 3.00 bits per heavy atom. The predicted molar refractivity (Wildman–Crippen MR) is 50.8 cm³/mol. The van der Waals surface area contributed by atoms with Crippen LogP contribution in [0.15, 0.2) is 12.7 Å². The van der Waals surface area contributed by atoms with Crippen LogP contribution in [0.3, 0.4) is 0 Å². The molecule has 0 fully saturated rings. The van der Waals surface area contributed by atoms with Crippen molar-refractivity contribution < 1.29 is 4.79 Å². The third-order valence-electron chi connectivity index (χ3n) is 1.04. The van der Waals surface area contributed by atoms with Gasteiger partial charge in [-0.3, -0.25) is 4.79 Å². The monoisotopic (exact) mass is 173 g/mol. The van der Waals surface area contributed by atoms with Gasteiger partial charge >= 0.3 is 0 Å². The van der Waals surface area contributed by atoms with E-state index >= 15 is 0 Å². The second-order valence-electron chi connectivity index (χ2n) is 2.15. The SMILES string of the molecule is C=CCSCC(=O)NCCC. The zero-order valence-electron chi connectivity index (χ0n) is 6.93. The summed E-state index contributed by atoms with van der Waals surface area (Å²) < 4.78 is 0. The van der Waals surface area contributed by atoms with Gasteiger partial charge < -0.3 is 5.32 Å². The van der Waals surface area contributed by atoms with Crippen LogP contribution in [0.2, 0.25) is 0 Å². The molecular formula is C8H15NOS. The standard InChI is InChI=1S/C8H15NOS/c1-3-5-9-8(10)7-11-6-4-2/h4H,2-3,5-7H2,1H3,(H,9,10). The Bertz CT molecular complexity index is 125. The highest BCUT2D eigenvalue weighted by Gasteiger charge is 1.97. The number of thioether (sulfide) groups is 1. The smallest absolute Gasteiger partial charge is 0.230 e. The Hall–Kier alpha value is -0.440. The van der Waals surface area contributed by atoms with E-state index in [1.807, 2.05) is 6.92 Å². The summed E-state index contributed by atoms with van der Waals surface area (Å²) in [5, 5.41) is 2.80. The molecule has 0 bridgehead atoms. The van der Waals surface area contributed by atoms with Gasteiger partial charge in [-0.2, -0.15) is 0 Å². The van der Waals surface area contributed by atoms with Gasteiger partial charge in [0.15, 0.2) is 0 Å². The van der Waals surface area contributed by atoms with Gasteiger partial charge in [0.25, 0.3) is 0 Å². The van der Waals surface area contributed by atoms with E-state index in [1.54, 1.807) is 17.8 Å². The number of hydrogen-bond donors (Lipinski definition) is 1. The molecule has 0 aliphatic heterocycles. The van der Waals surface area contributed by atoms with Crippen LogP contribution in [0.1, 0.15) is 13.3 Å². The van der Waals surface area contributed by atoms with Crippen LogP contribution in [0, 0.1) is 0 Å². The minimum atomic E-state index is 0.124. The van der Waals surface area contributed by atoms with E-state index in [9.17, 15) is 4.79 Å². The van der Waals surface area contributed by atoms with Gasteiger partial charge in [0.05, 0.1) is 5.75 Å². The summed E-state index contributed by atoms with van der Waals surface area (Å²) in [5.74, 6) is 1.52. The molecule has 0 aromatic heterocycles. The van der Waals surface area contributed by atoms with Gasteiger partial charge in [0.2, 0.25) is 5.91 Å². The van der Waals surface area contributed by atoms with Gasteiger partial charge in [0, 0.05) is 12.3 Å². The van der Waals surface area contributed by atoms with Crippen LogP contribution in [0.4, 0.5) is 0 Å². The lowest BCUT2D eigenvalue weighted by Crippen LogP contribution is -2.25. The maximum atomic E-state index is 10.9. The second-order valence-corrected chi connectivity index (χ2v) is 3.18. The summed E-state index contributed by atoms with van der Waals surface area (Å²) in [6.07, 6.45) is 2.80. The molecule has 1 N–H and O–H groups in total. The van der Waals surface area contributed by atoms with Crippen molar-refractivity contribution in [2.45, 2.75) is 13.3 Å². The maximum absolute atomic E-state index is 10.9. The van der Waals surface area contributed by atoms with Crippen LogP contribution in [-0.2, 0) is 4.79 Å². The molecule has 0 unspecified atom stereocenters. The fourth-order valence-corrected chi connectivity index (χ4v) is 1.12. The summed E-state index contributed by atoms with van der Waals surface area (Å²) in [5.41, 5.74) is 0. The largest absolute Gasteiger partial charge is 0.355 e. The van der Waals surface area contributed by atoms with Crippen molar-refractivity contribution in [1.29, 1.82) is 0 Å². The van der Waals surface area contributed by atoms with Gasteiger partial charge in [-0.15, -0.1) is 18.3 Å². The van der Waals surface area contributed by atoms with Gasteiger partial charge in [-0.05, 0) is 6.42 Å². The summed E-state index contributed by atoms with van der Waals surface area (Å²) in [6, 6.07) is 0. The quantitative estimate of drug-likeness (QED) is 0.486. The molecular weight excluding hydrogens is 158 g/mol. The van der Waals surface area contributed by atoms with Crippen LogP contribution in [-0.4, -0.2) is 24.0 Å². The number of carbonyl (C=O) groups excluding carboxylic acids is 1. The molecule has 11 heavy (non-hydrogen) atoms. The van der Waals surface area contributed by atoms with Crippen LogP contribution in [0.25, 0.3) is 0 Å². The molecule has 0 aromatic rings. The van der Waals surface area contributed by atoms with Crippen LogP contribution >= 0.6 is 11.8 Å². The van der Waals surface area contributed by atoms with Crippen LogP contribution in [0.5, 0.6) is 0 Å². The van der Waals surface area contributed by atoms with Crippen molar-refractivity contribution in [3.05, 3.63) is 12.7 Å². The van der Waals surface area contributed by atoms with Crippen molar-refractivity contribution >= 4 is 17.7 Å². The van der Waals surface area contributed by atoms with E-state index < -0.39 is 0 Å². The van der Waals surface area contributed by atoms with E-state index in [0.29, 0.717) is 5.75 Å². The molecule has 2 nitrogen and oxygen atoms in total. The normalized spacial score (nSPS) is 9.18. The Kier molecular flexibility index (Phi) is 7.36. The molecule has 0 aliphatic rings. The molecule has 0 saturated carbocycles. The van der Waals surface area contributed by atoms with Crippen molar-refractivity contribution in [2.75, 3.05) is 18.1 Å². The minimum Gasteiger partial charge on any atom is -0.355 e. The molecule has 0 radical (unpaired) electrons. The zero-order chi connectivity index (χ0) is 8.53. The number of rotatable bonds is 6. The Balaban J connectivity index is 3.15. The predicted octanol–water partition coefficient (Wildman–Crippen LogP) is 1.43. The van der Waals surface area contributed by atoms with Gasteiger partial charge in [-0.25, -0.2) is 0 Å². The molecule has 0 aromatic carbocycles. The average Bonchev–Trinajstić information content (AvgIpc) is 2.01. The first-order valence-electron chi connectivity index (χ1n) is 3.76. The lowest BCUT2D eigenvalue weighted by atomic mass is 10.5. The zero-order valence-corrected chi connectivity index (χ0v) is 7.75. The van der Waals surface area contributed by atoms with E-state index in [1.165, 1.54) is 0 Å². The van der Waals surface area contributed by atoms with E-state index in [4.69, 9.17) is 0 Å². The van der Waals surface area contributed by atoms with E-state index in [-0.39, 0.29) is 5.91 Å². The second kappa shape index (κ2) is 7.66. The summed E-state index contributed by atoms with van der Waals surface area (Å²) in [4.78, 5) is 10.9. The topological polar surface area (TPSA) is 29.1 Å². The first kappa shape index (κ1) is 10.6. The summed E-state index contributed by atoms with van der Waals surface area (Å²) in [7, 11) is 0. The van der Waals surface area contributed by atoms with Crippen molar-refractivity contribution in [1.82, 2.24) is 5.32 Å². The lowest BCUT2D eigenvalue weighted by Gasteiger charge is -2.00. The van der Waals surface area contributed by atoms with Gasteiger partial charge in [-0.1, -0.05) is 13.0 Å². The van der Waals surface area contributed by atoms with Crippen molar-refractivity contribution in [3.8, 4) is 0 Å². The molecule has 0 atom stereocenters. The van der Waals surface area contributed by atoms with Crippen molar-refractivity contribution in [2.24, 2.45) is 0 Å². The number of carbonyl (C=O) groups is 1. The highest BCUT2D eigenvalue weighted by atomic mass is 32.2. The number of nitrogens with one attached hydrogen (secondary N) is 1. The Morgan fingerprint density at radius 2 is 2.45 bits per heavy atom. The van der Waals surface area contributed by atoms with Crippen LogP contribution < -0.4 is 5.32 Å². The Morgan fingerprint density at radius 1 is 1.73 bits per heavy atom. The molecule has 0 aliphatic carbocycles. The van der Waals surface area contributed by atoms with Gasteiger partial charge in [0.1, 0.15) is 0 Å². The summed E-state index contributed by atoms with van der Waals surface area (Å²) >= 11 is 1.58. The molecule has 0 saturated heterocycles. The molecule has 0 rings (SSSR count). The first-order valence-corrected chi connectivity index (χ1v) is 4.92. The summed E-state index contributed by atoms with van der Waals surface area (Å²) in [6.45, 7) is 6.39. The molecule has 3 heteroatoms. The fraction of sp³-hybridized carbons (Fsp3) is 0.625. The van der Waals surface area contributed by atoms with E-state index in [0.717, 1.165) is 18.7 Å². The molecule has 1 amide bonds. The third-order valence-corrected chi connectivity index (χ3v) is 1.98. The minimum absolute atomic E-state index is 0.124. The lowest BCUT2D eigenvalue weighted by molar-refractivity contribution is -0.118. The first-order chi connectivity index (χ1) is 5.31. The highest BCUT2D eigenvalue weighted by Crippen LogP contribution is 1.97. The van der Waals surface area contributed by atoms with E-state index in [2.05, 4.69) is 11.9 Å². The highest BCUT2D eigenvalue weighted by molar-refractivity contribution is 8.00. The molecule has 0 heterocycles. The number of amides is 1. The average molecular weight is 173 g/mol. The third kappa shape index (κ3) is 7.46. The fourth-order valence-electron chi connectivity index (χ4n) is 0.550. The Labute approximate surface area is 72.4 Å². The molecule has 0 spiro atoms.